The molecule has 0 aromatic carbocycles. The number of halogens is 1. The minimum Gasteiger partial charge on any atom is -0.369 e. The maximum Gasteiger partial charge on any atom is 0.106 e. The van der Waals surface area contributed by atoms with E-state index in [0.717, 1.165) is 35.9 Å². The topological polar surface area (TPSA) is 34.1 Å². The van der Waals surface area contributed by atoms with E-state index in [9.17, 15) is 0 Å². The van der Waals surface area contributed by atoms with Crippen LogP contribution in [-0.2, 0) is 16.8 Å². The SMILES string of the molecule is Cc1ccc([C@@H]2C[C@]3(C[C@H](C)N2)OCCc2cc(Cl)sc23)nc1. The Morgan fingerprint density at radius 2 is 2.26 bits per heavy atom. The van der Waals surface area contributed by atoms with E-state index in [2.05, 4.69) is 42.3 Å². The van der Waals surface area contributed by atoms with Crippen LogP contribution in [-0.4, -0.2) is 17.6 Å². The molecule has 5 heteroatoms. The fourth-order valence-electron chi connectivity index (χ4n) is 3.94. The van der Waals surface area contributed by atoms with Crippen LogP contribution in [0, 0.1) is 6.92 Å². The first-order chi connectivity index (χ1) is 11.1. The van der Waals surface area contributed by atoms with Crippen molar-refractivity contribution in [2.24, 2.45) is 0 Å². The Kier molecular flexibility index (Phi) is 3.96. The number of piperidine rings is 1. The molecule has 0 unspecified atom stereocenters. The van der Waals surface area contributed by atoms with E-state index >= 15 is 0 Å². The molecular weight excluding hydrogens is 328 g/mol. The lowest BCUT2D eigenvalue weighted by atomic mass is 9.79. The van der Waals surface area contributed by atoms with Gasteiger partial charge in [0.2, 0.25) is 0 Å². The maximum atomic E-state index is 6.38. The summed E-state index contributed by atoms with van der Waals surface area (Å²) in [7, 11) is 0. The molecule has 3 atom stereocenters. The predicted molar refractivity (Wildman–Crippen MR) is 94.2 cm³/mol. The quantitative estimate of drug-likeness (QED) is 0.830. The number of rotatable bonds is 1. The fraction of sp³-hybridized carbons (Fsp3) is 0.500. The van der Waals surface area contributed by atoms with Crippen LogP contribution in [0.15, 0.2) is 24.4 Å². The molecule has 0 bridgehead atoms. The number of hydrogen-bond acceptors (Lipinski definition) is 4. The van der Waals surface area contributed by atoms with Crippen molar-refractivity contribution in [2.45, 2.75) is 50.8 Å². The van der Waals surface area contributed by atoms with Gasteiger partial charge in [0.15, 0.2) is 0 Å². The van der Waals surface area contributed by atoms with Crippen molar-refractivity contribution in [1.82, 2.24) is 10.3 Å². The second kappa shape index (κ2) is 5.85. The Bertz CT molecular complexity index is 714. The summed E-state index contributed by atoms with van der Waals surface area (Å²) in [5, 5.41) is 3.69. The first kappa shape index (κ1) is 15.6. The average molecular weight is 349 g/mol. The standard InChI is InChI=1S/C18H21ClN2OS/c1-11-3-4-14(20-10-11)15-9-18(8-12(2)21-15)17-13(5-6-22-18)7-16(19)23-17/h3-4,7,10,12,15,21H,5-6,8-9H2,1-2H3/t12-,15-,18-/m0/s1. The van der Waals surface area contributed by atoms with Crippen molar-refractivity contribution in [1.29, 1.82) is 0 Å². The van der Waals surface area contributed by atoms with Crippen molar-refractivity contribution < 1.29 is 4.74 Å². The van der Waals surface area contributed by atoms with Crippen LogP contribution in [0.5, 0.6) is 0 Å². The molecule has 1 N–H and O–H groups in total. The second-order valence-corrected chi connectivity index (χ2v) is 8.47. The third-order valence-electron chi connectivity index (χ3n) is 4.89. The zero-order chi connectivity index (χ0) is 16.0. The van der Waals surface area contributed by atoms with Gasteiger partial charge in [0.05, 0.1) is 22.7 Å². The number of pyridine rings is 1. The number of fused-ring (bicyclic) bond motifs is 2. The van der Waals surface area contributed by atoms with Gasteiger partial charge < -0.3 is 10.1 Å². The van der Waals surface area contributed by atoms with Crippen LogP contribution in [0.2, 0.25) is 4.34 Å². The third kappa shape index (κ3) is 2.82. The summed E-state index contributed by atoms with van der Waals surface area (Å²) in [5.41, 5.74) is 3.44. The molecule has 4 heterocycles. The molecule has 0 aliphatic carbocycles. The maximum absolute atomic E-state index is 6.38. The predicted octanol–water partition coefficient (Wildman–Crippen LogP) is 4.39. The number of nitrogens with zero attached hydrogens (tertiary/aromatic N) is 1. The Hall–Kier alpha value is -0.940. The van der Waals surface area contributed by atoms with Gasteiger partial charge in [0.1, 0.15) is 5.60 Å². The molecule has 4 rings (SSSR count). The fourth-order valence-corrected chi connectivity index (χ4v) is 5.40. The number of aryl methyl sites for hydroxylation is 1. The van der Waals surface area contributed by atoms with Gasteiger partial charge in [-0.1, -0.05) is 17.7 Å². The summed E-state index contributed by atoms with van der Waals surface area (Å²) >= 11 is 7.99. The minimum absolute atomic E-state index is 0.214. The van der Waals surface area contributed by atoms with E-state index in [4.69, 9.17) is 16.3 Å². The molecule has 2 aliphatic heterocycles. The molecule has 122 valence electrons. The first-order valence-corrected chi connectivity index (χ1v) is 9.36. The highest BCUT2D eigenvalue weighted by Gasteiger charge is 2.46. The zero-order valence-corrected chi connectivity index (χ0v) is 15.0. The van der Waals surface area contributed by atoms with Crippen LogP contribution in [0.4, 0.5) is 0 Å². The number of ether oxygens (including phenoxy) is 1. The van der Waals surface area contributed by atoms with Crippen molar-refractivity contribution in [3.05, 3.63) is 50.4 Å². The molecule has 1 fully saturated rings. The highest BCUT2D eigenvalue weighted by Crippen LogP contribution is 2.49. The van der Waals surface area contributed by atoms with Gasteiger partial charge >= 0.3 is 0 Å². The number of hydrogen-bond donors (Lipinski definition) is 1. The average Bonchev–Trinajstić information content (AvgIpc) is 2.90. The summed E-state index contributed by atoms with van der Waals surface area (Å²) in [6.07, 6.45) is 4.81. The lowest BCUT2D eigenvalue weighted by Crippen LogP contribution is -2.49. The summed E-state index contributed by atoms with van der Waals surface area (Å²) in [4.78, 5) is 5.97. The van der Waals surface area contributed by atoms with Crippen LogP contribution in [0.3, 0.4) is 0 Å². The number of thiophene rings is 1. The largest absolute Gasteiger partial charge is 0.369 e. The van der Waals surface area contributed by atoms with E-state index < -0.39 is 0 Å². The first-order valence-electron chi connectivity index (χ1n) is 8.17. The van der Waals surface area contributed by atoms with Crippen molar-refractivity contribution in [3.8, 4) is 0 Å². The van der Waals surface area contributed by atoms with E-state index in [1.165, 1.54) is 16.0 Å². The Morgan fingerprint density at radius 3 is 3.04 bits per heavy atom. The van der Waals surface area contributed by atoms with Crippen LogP contribution in [0.25, 0.3) is 0 Å². The van der Waals surface area contributed by atoms with E-state index in [0.29, 0.717) is 6.04 Å². The van der Waals surface area contributed by atoms with E-state index in [1.807, 2.05) is 6.20 Å². The molecule has 1 saturated heterocycles. The second-order valence-electron chi connectivity index (χ2n) is 6.79. The van der Waals surface area contributed by atoms with Crippen molar-refractivity contribution in [3.63, 3.8) is 0 Å². The number of aromatic nitrogens is 1. The molecule has 2 aromatic heterocycles. The van der Waals surface area contributed by atoms with Crippen molar-refractivity contribution >= 4 is 22.9 Å². The Balaban J connectivity index is 1.71. The molecule has 2 aliphatic rings. The lowest BCUT2D eigenvalue weighted by molar-refractivity contribution is -0.0957. The molecule has 3 nitrogen and oxygen atoms in total. The van der Waals surface area contributed by atoms with E-state index in [-0.39, 0.29) is 11.6 Å². The molecule has 0 radical (unpaired) electrons. The normalized spacial score (nSPS) is 30.4. The smallest absolute Gasteiger partial charge is 0.106 e. The van der Waals surface area contributed by atoms with Gasteiger partial charge in [-0.25, -0.2) is 0 Å². The lowest BCUT2D eigenvalue weighted by Gasteiger charge is -2.46. The summed E-state index contributed by atoms with van der Waals surface area (Å²) in [6.45, 7) is 5.08. The summed E-state index contributed by atoms with van der Waals surface area (Å²) in [6, 6.07) is 6.97. The number of nitrogens with one attached hydrogen (secondary N) is 1. The summed E-state index contributed by atoms with van der Waals surface area (Å²) < 4.78 is 7.25. The minimum atomic E-state index is -0.215. The van der Waals surface area contributed by atoms with Crippen LogP contribution in [0.1, 0.15) is 47.5 Å². The highest BCUT2D eigenvalue weighted by molar-refractivity contribution is 7.16. The van der Waals surface area contributed by atoms with Gasteiger partial charge in [-0.15, -0.1) is 11.3 Å². The molecule has 0 saturated carbocycles. The summed E-state index contributed by atoms with van der Waals surface area (Å²) in [5.74, 6) is 0. The Morgan fingerprint density at radius 1 is 1.39 bits per heavy atom. The van der Waals surface area contributed by atoms with Crippen LogP contribution >= 0.6 is 22.9 Å². The van der Waals surface area contributed by atoms with E-state index in [1.54, 1.807) is 11.3 Å². The monoisotopic (exact) mass is 348 g/mol. The van der Waals surface area contributed by atoms with Gasteiger partial charge in [-0.05, 0) is 49.9 Å². The molecule has 23 heavy (non-hydrogen) atoms. The molecular formula is C18H21ClN2OS. The zero-order valence-electron chi connectivity index (χ0n) is 13.4. The van der Waals surface area contributed by atoms with Gasteiger partial charge in [-0.3, -0.25) is 4.98 Å². The molecule has 2 aromatic rings. The van der Waals surface area contributed by atoms with Gasteiger partial charge in [-0.2, -0.15) is 0 Å². The third-order valence-corrected chi connectivity index (χ3v) is 6.38. The van der Waals surface area contributed by atoms with Gasteiger partial charge in [0.25, 0.3) is 0 Å². The molecule has 1 spiro atoms. The highest BCUT2D eigenvalue weighted by atomic mass is 35.5. The van der Waals surface area contributed by atoms with Crippen molar-refractivity contribution in [2.75, 3.05) is 6.61 Å². The van der Waals surface area contributed by atoms with Crippen LogP contribution < -0.4 is 5.32 Å². The molecule has 0 amide bonds. The van der Waals surface area contributed by atoms with Gasteiger partial charge in [0, 0.05) is 23.5 Å². The Labute approximate surface area is 146 Å².